The zero-order valence-corrected chi connectivity index (χ0v) is 13.9. The molecule has 0 fully saturated rings. The number of carbonyl (C=O) groups excluding carboxylic acids is 1. The van der Waals surface area contributed by atoms with E-state index in [1.54, 1.807) is 29.7 Å². The second-order valence-corrected chi connectivity index (χ2v) is 6.35. The second-order valence-electron chi connectivity index (χ2n) is 4.91. The Hall–Kier alpha value is -2.11. The lowest BCUT2D eigenvalue weighted by molar-refractivity contribution is -0.123. The summed E-state index contributed by atoms with van der Waals surface area (Å²) in [5.41, 5.74) is 0.659. The summed E-state index contributed by atoms with van der Waals surface area (Å²) >= 11 is 7.82. The molecule has 118 valence electrons. The first-order chi connectivity index (χ1) is 11.2. The second kappa shape index (κ2) is 7.44. The first-order valence-electron chi connectivity index (χ1n) is 7.19. The first kappa shape index (κ1) is 15.8. The standard InChI is InChI=1S/C17H15ClN2O2S/c18-14-5-6-15(17-13(14)4-1-8-20-17)22-11-16(21)19-9-7-12-3-2-10-23-12/h1-6,8,10H,7,9,11H2,(H,19,21). The molecule has 2 aromatic heterocycles. The van der Waals surface area contributed by atoms with Crippen LogP contribution < -0.4 is 10.1 Å². The number of fused-ring (bicyclic) bond motifs is 1. The molecule has 0 aliphatic carbocycles. The molecule has 0 saturated heterocycles. The molecule has 0 aliphatic heterocycles. The minimum Gasteiger partial charge on any atom is -0.481 e. The van der Waals surface area contributed by atoms with Crippen LogP contribution in [0.1, 0.15) is 4.88 Å². The van der Waals surface area contributed by atoms with Crippen LogP contribution >= 0.6 is 22.9 Å². The molecule has 3 rings (SSSR count). The number of hydrogen-bond acceptors (Lipinski definition) is 4. The van der Waals surface area contributed by atoms with E-state index in [4.69, 9.17) is 16.3 Å². The van der Waals surface area contributed by atoms with E-state index < -0.39 is 0 Å². The molecule has 0 bridgehead atoms. The van der Waals surface area contributed by atoms with Gasteiger partial charge in [0, 0.05) is 23.0 Å². The van der Waals surface area contributed by atoms with E-state index in [-0.39, 0.29) is 12.5 Å². The lowest BCUT2D eigenvalue weighted by atomic mass is 10.2. The number of aromatic nitrogens is 1. The molecular formula is C17H15ClN2O2S. The maximum atomic E-state index is 11.9. The van der Waals surface area contributed by atoms with Crippen molar-refractivity contribution in [1.82, 2.24) is 10.3 Å². The molecule has 2 heterocycles. The number of pyridine rings is 1. The smallest absolute Gasteiger partial charge is 0.257 e. The van der Waals surface area contributed by atoms with Gasteiger partial charge in [-0.1, -0.05) is 17.7 Å². The van der Waals surface area contributed by atoms with E-state index in [0.29, 0.717) is 22.8 Å². The summed E-state index contributed by atoms with van der Waals surface area (Å²) < 4.78 is 5.59. The molecule has 1 amide bonds. The number of halogens is 1. The van der Waals surface area contributed by atoms with Crippen LogP contribution in [0.2, 0.25) is 5.02 Å². The molecular weight excluding hydrogens is 332 g/mol. The van der Waals surface area contributed by atoms with Gasteiger partial charge in [0.25, 0.3) is 5.91 Å². The fraction of sp³-hybridized carbons (Fsp3) is 0.176. The average Bonchev–Trinajstić information content (AvgIpc) is 3.08. The third-order valence-corrected chi connectivity index (χ3v) is 4.58. The Kier molecular flexibility index (Phi) is 5.10. The Bertz CT molecular complexity index is 805. The topological polar surface area (TPSA) is 51.2 Å². The predicted molar refractivity (Wildman–Crippen MR) is 93.3 cm³/mol. The summed E-state index contributed by atoms with van der Waals surface area (Å²) in [6.45, 7) is 0.556. The third kappa shape index (κ3) is 4.00. The van der Waals surface area contributed by atoms with E-state index in [1.807, 2.05) is 23.6 Å². The summed E-state index contributed by atoms with van der Waals surface area (Å²) in [5.74, 6) is 0.402. The van der Waals surface area contributed by atoms with E-state index in [9.17, 15) is 4.79 Å². The van der Waals surface area contributed by atoms with Crippen molar-refractivity contribution < 1.29 is 9.53 Å². The van der Waals surface area contributed by atoms with Gasteiger partial charge in [0.05, 0.1) is 5.02 Å². The van der Waals surface area contributed by atoms with Gasteiger partial charge >= 0.3 is 0 Å². The van der Waals surface area contributed by atoms with Gasteiger partial charge in [0.2, 0.25) is 0 Å². The normalized spacial score (nSPS) is 10.7. The number of nitrogens with one attached hydrogen (secondary N) is 1. The molecule has 1 N–H and O–H groups in total. The van der Waals surface area contributed by atoms with Crippen LogP contribution in [0.25, 0.3) is 10.9 Å². The largest absolute Gasteiger partial charge is 0.481 e. The number of nitrogens with zero attached hydrogens (tertiary/aromatic N) is 1. The first-order valence-corrected chi connectivity index (χ1v) is 8.45. The molecule has 0 aliphatic rings. The molecule has 23 heavy (non-hydrogen) atoms. The Labute approximate surface area is 143 Å². The van der Waals surface area contributed by atoms with Crippen LogP contribution in [0, 0.1) is 0 Å². The maximum absolute atomic E-state index is 11.9. The number of thiophene rings is 1. The van der Waals surface area contributed by atoms with Crippen molar-refractivity contribution in [2.45, 2.75) is 6.42 Å². The molecule has 0 spiro atoms. The van der Waals surface area contributed by atoms with Crippen LogP contribution in [0.4, 0.5) is 0 Å². The highest BCUT2D eigenvalue weighted by atomic mass is 35.5. The zero-order chi connectivity index (χ0) is 16.1. The minimum absolute atomic E-state index is 0.0439. The van der Waals surface area contributed by atoms with Crippen LogP contribution in [0.5, 0.6) is 5.75 Å². The number of rotatable bonds is 6. The van der Waals surface area contributed by atoms with E-state index in [1.165, 1.54) is 4.88 Å². The predicted octanol–water partition coefficient (Wildman–Crippen LogP) is 3.69. The van der Waals surface area contributed by atoms with Gasteiger partial charge in [-0.3, -0.25) is 9.78 Å². The summed E-state index contributed by atoms with van der Waals surface area (Å²) in [6, 6.07) is 11.2. The van der Waals surface area contributed by atoms with Gasteiger partial charge in [0.1, 0.15) is 11.3 Å². The Morgan fingerprint density at radius 1 is 1.26 bits per heavy atom. The van der Waals surface area contributed by atoms with Gasteiger partial charge in [-0.25, -0.2) is 0 Å². The van der Waals surface area contributed by atoms with Crippen molar-refractivity contribution in [3.8, 4) is 5.75 Å². The van der Waals surface area contributed by atoms with E-state index in [2.05, 4.69) is 16.4 Å². The number of carbonyl (C=O) groups is 1. The summed E-state index contributed by atoms with van der Waals surface area (Å²) in [6.07, 6.45) is 2.50. The molecule has 1 aromatic carbocycles. The Morgan fingerprint density at radius 3 is 3.00 bits per heavy atom. The minimum atomic E-state index is -0.152. The summed E-state index contributed by atoms with van der Waals surface area (Å²) in [4.78, 5) is 17.4. The Balaban J connectivity index is 1.56. The lowest BCUT2D eigenvalue weighted by Crippen LogP contribution is -2.30. The molecule has 0 radical (unpaired) electrons. The maximum Gasteiger partial charge on any atom is 0.257 e. The highest BCUT2D eigenvalue weighted by Crippen LogP contribution is 2.29. The van der Waals surface area contributed by atoms with E-state index >= 15 is 0 Å². The number of ether oxygens (including phenoxy) is 1. The number of hydrogen-bond donors (Lipinski definition) is 1. The van der Waals surface area contributed by atoms with Crippen LogP contribution in [-0.4, -0.2) is 24.0 Å². The van der Waals surface area contributed by atoms with Crippen molar-refractivity contribution >= 4 is 39.7 Å². The highest BCUT2D eigenvalue weighted by Gasteiger charge is 2.09. The molecule has 0 unspecified atom stereocenters. The number of benzene rings is 1. The average molecular weight is 347 g/mol. The van der Waals surface area contributed by atoms with Crippen molar-refractivity contribution in [3.63, 3.8) is 0 Å². The monoisotopic (exact) mass is 346 g/mol. The molecule has 0 atom stereocenters. The number of amides is 1. The Morgan fingerprint density at radius 2 is 2.17 bits per heavy atom. The van der Waals surface area contributed by atoms with Crippen molar-refractivity contribution in [3.05, 3.63) is 57.9 Å². The van der Waals surface area contributed by atoms with Crippen molar-refractivity contribution in [1.29, 1.82) is 0 Å². The molecule has 3 aromatic rings. The lowest BCUT2D eigenvalue weighted by Gasteiger charge is -2.09. The molecule has 6 heteroatoms. The van der Waals surface area contributed by atoms with Crippen molar-refractivity contribution in [2.75, 3.05) is 13.2 Å². The van der Waals surface area contributed by atoms with Crippen molar-refractivity contribution in [2.24, 2.45) is 0 Å². The van der Waals surface area contributed by atoms with Gasteiger partial charge < -0.3 is 10.1 Å². The molecule has 4 nitrogen and oxygen atoms in total. The fourth-order valence-corrected chi connectivity index (χ4v) is 3.13. The third-order valence-electron chi connectivity index (χ3n) is 3.31. The van der Waals surface area contributed by atoms with Crippen LogP contribution in [-0.2, 0) is 11.2 Å². The summed E-state index contributed by atoms with van der Waals surface area (Å²) in [7, 11) is 0. The SMILES string of the molecule is O=C(COc1ccc(Cl)c2cccnc12)NCCc1cccs1. The fourth-order valence-electron chi connectivity index (χ4n) is 2.20. The molecule has 0 saturated carbocycles. The van der Waals surface area contributed by atoms with Gasteiger partial charge in [-0.15, -0.1) is 11.3 Å². The van der Waals surface area contributed by atoms with E-state index in [0.717, 1.165) is 11.8 Å². The van der Waals surface area contributed by atoms with Gasteiger partial charge in [-0.2, -0.15) is 0 Å². The van der Waals surface area contributed by atoms with Crippen LogP contribution in [0.3, 0.4) is 0 Å². The quantitative estimate of drug-likeness (QED) is 0.740. The zero-order valence-electron chi connectivity index (χ0n) is 12.3. The summed E-state index contributed by atoms with van der Waals surface area (Å²) in [5, 5.41) is 6.30. The van der Waals surface area contributed by atoms with Gasteiger partial charge in [0.15, 0.2) is 6.61 Å². The highest BCUT2D eigenvalue weighted by molar-refractivity contribution is 7.09. The van der Waals surface area contributed by atoms with Crippen LogP contribution in [0.15, 0.2) is 48.0 Å². The van der Waals surface area contributed by atoms with Gasteiger partial charge in [-0.05, 0) is 42.1 Å².